The third kappa shape index (κ3) is 5.83. The Labute approximate surface area is 216 Å². The summed E-state index contributed by atoms with van der Waals surface area (Å²) >= 11 is 0. The normalized spacial score (nSPS) is 15.8. The number of fused-ring (bicyclic) bond motifs is 1. The van der Waals surface area contributed by atoms with Gasteiger partial charge in [-0.15, -0.1) is 0 Å². The molecule has 0 bridgehead atoms. The molecule has 0 saturated carbocycles. The molecule has 1 aliphatic rings. The number of carbonyl (C=O) groups excluding carboxylic acids is 2. The molecule has 196 valence electrons. The summed E-state index contributed by atoms with van der Waals surface area (Å²) in [6.07, 6.45) is 4.08. The minimum absolute atomic E-state index is 0.0384. The largest absolute Gasteiger partial charge is 0.384 e. The van der Waals surface area contributed by atoms with Crippen LogP contribution in [-0.4, -0.2) is 51.9 Å². The lowest BCUT2D eigenvalue weighted by Crippen LogP contribution is -2.40. The maximum absolute atomic E-state index is 12.7. The van der Waals surface area contributed by atoms with Gasteiger partial charge in [0, 0.05) is 37.7 Å². The maximum Gasteiger partial charge on any atom is 0.256 e. The van der Waals surface area contributed by atoms with Crippen LogP contribution in [0.4, 0.5) is 5.82 Å². The fourth-order valence-corrected chi connectivity index (χ4v) is 5.18. The third-order valence-electron chi connectivity index (χ3n) is 7.26. The van der Waals surface area contributed by atoms with Crippen LogP contribution in [0.5, 0.6) is 0 Å². The van der Waals surface area contributed by atoms with Crippen LogP contribution in [-0.2, 0) is 24.2 Å². The zero-order valence-corrected chi connectivity index (χ0v) is 21.6. The number of pyridine rings is 2. The number of anilines is 1. The predicted octanol–water partition coefficient (Wildman–Crippen LogP) is 2.22. The van der Waals surface area contributed by atoms with Crippen LogP contribution in [0.3, 0.4) is 0 Å². The summed E-state index contributed by atoms with van der Waals surface area (Å²) in [4.78, 5) is 44.0. The van der Waals surface area contributed by atoms with Crippen LogP contribution < -0.4 is 22.2 Å². The summed E-state index contributed by atoms with van der Waals surface area (Å²) in [5, 5.41) is 3.41. The SMILES string of the molecule is CCN1CCCC1CNC(=O)CCc1ccc(Cc2ccc3c(=O)c(C(N)=O)c(N)n(CC)c3n2)cc1. The van der Waals surface area contributed by atoms with Gasteiger partial charge in [-0.05, 0) is 62.5 Å². The Morgan fingerprint density at radius 2 is 1.81 bits per heavy atom. The van der Waals surface area contributed by atoms with Gasteiger partial charge in [0.05, 0.1) is 5.39 Å². The number of hydrogen-bond acceptors (Lipinski definition) is 6. The van der Waals surface area contributed by atoms with Gasteiger partial charge in [-0.1, -0.05) is 31.2 Å². The molecule has 9 nitrogen and oxygen atoms in total. The van der Waals surface area contributed by atoms with Crippen molar-refractivity contribution in [2.45, 2.75) is 58.5 Å². The lowest BCUT2D eigenvalue weighted by Gasteiger charge is -2.22. The average molecular weight is 505 g/mol. The summed E-state index contributed by atoms with van der Waals surface area (Å²) < 4.78 is 1.64. The average Bonchev–Trinajstić information content (AvgIpc) is 3.35. The molecule has 1 aliphatic heterocycles. The number of aryl methyl sites for hydroxylation is 2. The monoisotopic (exact) mass is 504 g/mol. The van der Waals surface area contributed by atoms with E-state index in [0.717, 1.165) is 42.9 Å². The molecule has 0 spiro atoms. The summed E-state index contributed by atoms with van der Waals surface area (Å²) in [5.41, 5.74) is 14.2. The highest BCUT2D eigenvalue weighted by Gasteiger charge is 2.23. The summed E-state index contributed by atoms with van der Waals surface area (Å²) in [6, 6.07) is 12.1. The Kier molecular flexibility index (Phi) is 8.23. The second-order valence-electron chi connectivity index (χ2n) is 9.59. The van der Waals surface area contributed by atoms with Crippen LogP contribution >= 0.6 is 0 Å². The van der Waals surface area contributed by atoms with Gasteiger partial charge in [0.1, 0.15) is 17.0 Å². The van der Waals surface area contributed by atoms with E-state index in [1.54, 1.807) is 16.7 Å². The molecule has 1 saturated heterocycles. The van der Waals surface area contributed by atoms with E-state index in [4.69, 9.17) is 11.5 Å². The molecule has 5 N–H and O–H groups in total. The van der Waals surface area contributed by atoms with Gasteiger partial charge in [-0.3, -0.25) is 19.3 Å². The van der Waals surface area contributed by atoms with E-state index >= 15 is 0 Å². The molecule has 1 fully saturated rings. The van der Waals surface area contributed by atoms with Crippen molar-refractivity contribution < 1.29 is 9.59 Å². The number of primary amides is 1. The molecule has 0 radical (unpaired) electrons. The quantitative estimate of drug-likeness (QED) is 0.387. The number of nitrogens with one attached hydrogen (secondary N) is 1. The van der Waals surface area contributed by atoms with Crippen molar-refractivity contribution in [3.8, 4) is 0 Å². The van der Waals surface area contributed by atoms with Crippen molar-refractivity contribution in [2.24, 2.45) is 5.73 Å². The summed E-state index contributed by atoms with van der Waals surface area (Å²) in [7, 11) is 0. The molecule has 3 aromatic rings. The molecule has 3 heterocycles. The molecule has 1 aromatic carbocycles. The van der Waals surface area contributed by atoms with Gasteiger partial charge in [0.25, 0.3) is 5.91 Å². The number of benzene rings is 1. The highest BCUT2D eigenvalue weighted by molar-refractivity contribution is 6.00. The number of nitrogens with two attached hydrogens (primary N) is 2. The Morgan fingerprint density at radius 3 is 2.49 bits per heavy atom. The van der Waals surface area contributed by atoms with E-state index in [2.05, 4.69) is 22.1 Å². The molecule has 9 heteroatoms. The van der Waals surface area contributed by atoms with Crippen LogP contribution in [0.15, 0.2) is 41.2 Å². The molecular weight excluding hydrogens is 468 g/mol. The summed E-state index contributed by atoms with van der Waals surface area (Å²) in [5.74, 6) is -0.713. The van der Waals surface area contributed by atoms with E-state index < -0.39 is 11.3 Å². The standard InChI is InChI=1S/C28H36N6O3/c1-3-33-15-5-6-21(33)17-31-23(35)14-11-18-7-9-19(10-8-18)16-20-12-13-22-25(36)24(27(30)37)26(29)34(4-2)28(22)32-20/h7-10,12-13,21H,3-6,11,14-17,29H2,1-2H3,(H2,30,37)(H,31,35). The van der Waals surface area contributed by atoms with Gasteiger partial charge in [-0.25, -0.2) is 4.98 Å². The Bertz CT molecular complexity index is 1350. The van der Waals surface area contributed by atoms with Crippen molar-refractivity contribution in [3.63, 3.8) is 0 Å². The van der Waals surface area contributed by atoms with Gasteiger partial charge < -0.3 is 21.4 Å². The van der Waals surface area contributed by atoms with Gasteiger partial charge in [0.2, 0.25) is 11.3 Å². The van der Waals surface area contributed by atoms with Crippen LogP contribution in [0.2, 0.25) is 0 Å². The van der Waals surface area contributed by atoms with Crippen molar-refractivity contribution >= 4 is 28.7 Å². The first-order valence-electron chi connectivity index (χ1n) is 13.0. The topological polar surface area (TPSA) is 136 Å². The first kappa shape index (κ1) is 26.3. The van der Waals surface area contributed by atoms with E-state index in [-0.39, 0.29) is 17.3 Å². The molecule has 1 atom stereocenters. The van der Waals surface area contributed by atoms with Crippen molar-refractivity contribution in [1.29, 1.82) is 0 Å². The van der Waals surface area contributed by atoms with Crippen LogP contribution in [0.1, 0.15) is 60.3 Å². The van der Waals surface area contributed by atoms with Crippen LogP contribution in [0, 0.1) is 0 Å². The number of aromatic nitrogens is 2. The van der Waals surface area contributed by atoms with Crippen molar-refractivity contribution in [1.82, 2.24) is 19.8 Å². The van der Waals surface area contributed by atoms with Crippen LogP contribution in [0.25, 0.3) is 11.0 Å². The Balaban J connectivity index is 1.39. The number of nitrogen functional groups attached to an aromatic ring is 1. The summed E-state index contributed by atoms with van der Waals surface area (Å²) in [6.45, 7) is 7.36. The lowest BCUT2D eigenvalue weighted by atomic mass is 10.0. The zero-order chi connectivity index (χ0) is 26.5. The molecular formula is C28H36N6O3. The first-order valence-corrected chi connectivity index (χ1v) is 13.0. The molecule has 37 heavy (non-hydrogen) atoms. The molecule has 4 rings (SSSR count). The van der Waals surface area contributed by atoms with Gasteiger partial charge in [0.15, 0.2) is 0 Å². The van der Waals surface area contributed by atoms with Crippen molar-refractivity contribution in [3.05, 3.63) is 69.0 Å². The number of likely N-dealkylation sites (N-methyl/N-ethyl adjacent to an activating group) is 1. The smallest absolute Gasteiger partial charge is 0.256 e. The molecule has 0 aliphatic carbocycles. The number of nitrogens with zero attached hydrogens (tertiary/aromatic N) is 3. The Hall–Kier alpha value is -3.72. The van der Waals surface area contributed by atoms with Gasteiger partial charge in [-0.2, -0.15) is 0 Å². The molecule has 2 aromatic heterocycles. The second kappa shape index (κ2) is 11.6. The fourth-order valence-electron chi connectivity index (χ4n) is 5.18. The van der Waals surface area contributed by atoms with Crippen molar-refractivity contribution in [2.75, 3.05) is 25.4 Å². The number of rotatable bonds is 10. The number of likely N-dealkylation sites (tertiary alicyclic amines) is 1. The number of hydrogen-bond donors (Lipinski definition) is 3. The maximum atomic E-state index is 12.7. The Morgan fingerprint density at radius 1 is 1.08 bits per heavy atom. The van der Waals surface area contributed by atoms with E-state index in [1.807, 2.05) is 31.2 Å². The lowest BCUT2D eigenvalue weighted by molar-refractivity contribution is -0.121. The van der Waals surface area contributed by atoms with E-state index in [0.29, 0.717) is 42.9 Å². The molecule has 1 unspecified atom stereocenters. The number of carbonyl (C=O) groups is 2. The van der Waals surface area contributed by atoms with E-state index in [9.17, 15) is 14.4 Å². The molecule has 2 amide bonds. The second-order valence-corrected chi connectivity index (χ2v) is 9.59. The first-order chi connectivity index (χ1) is 17.8. The highest BCUT2D eigenvalue weighted by Crippen LogP contribution is 2.19. The number of amides is 2. The van der Waals surface area contributed by atoms with E-state index in [1.165, 1.54) is 6.42 Å². The zero-order valence-electron chi connectivity index (χ0n) is 21.6. The predicted molar refractivity (Wildman–Crippen MR) is 145 cm³/mol. The third-order valence-corrected chi connectivity index (χ3v) is 7.26. The fraction of sp³-hybridized carbons (Fsp3) is 0.429. The highest BCUT2D eigenvalue weighted by atomic mass is 16.2. The minimum Gasteiger partial charge on any atom is -0.384 e. The minimum atomic E-state index is -0.842. The van der Waals surface area contributed by atoms with Gasteiger partial charge >= 0.3 is 0 Å².